The van der Waals surface area contributed by atoms with Crippen molar-refractivity contribution >= 4 is 27.9 Å². The third-order valence-corrected chi connectivity index (χ3v) is 9.31. The van der Waals surface area contributed by atoms with Crippen LogP contribution in [-0.4, -0.2) is 94.3 Å². The molecule has 44 heavy (non-hydrogen) atoms. The van der Waals surface area contributed by atoms with Crippen LogP contribution in [0.25, 0.3) is 0 Å². The summed E-state index contributed by atoms with van der Waals surface area (Å²) in [5.41, 5.74) is 0. The summed E-state index contributed by atoms with van der Waals surface area (Å²) < 4.78 is 32.4. The molecule has 1 atom stereocenters. The second-order valence-corrected chi connectivity index (χ2v) is 15.0. The molecule has 0 bridgehead atoms. The molecule has 12 heteroatoms. The third kappa shape index (κ3) is 27.2. The molecule has 0 saturated heterocycles. The molecule has 262 valence electrons. The Bertz CT molecular complexity index is 867. The van der Waals surface area contributed by atoms with E-state index in [9.17, 15) is 22.8 Å². The normalized spacial score (nSPS) is 12.2. The summed E-state index contributed by atoms with van der Waals surface area (Å²) in [6, 6.07) is -0.851. The largest absolute Gasteiger partial charge is 1.00 e. The molecule has 0 aliphatic rings. The predicted molar refractivity (Wildman–Crippen MR) is 175 cm³/mol. The molecule has 0 aliphatic heterocycles. The van der Waals surface area contributed by atoms with E-state index in [1.54, 1.807) is 0 Å². The molecular weight excluding hydrogens is 695 g/mol. The van der Waals surface area contributed by atoms with Crippen LogP contribution < -0.4 is 34.6 Å². The van der Waals surface area contributed by atoms with Crippen molar-refractivity contribution in [3.05, 3.63) is 0 Å². The summed E-state index contributed by atoms with van der Waals surface area (Å²) >= 11 is 0. The Morgan fingerprint density at radius 2 is 1.20 bits per heavy atom. The number of unbranched alkanes of at least 4 members (excludes halogenated alkanes) is 15. The van der Waals surface area contributed by atoms with Crippen molar-refractivity contribution in [2.75, 3.05) is 53.1 Å². The lowest BCUT2D eigenvalue weighted by atomic mass is 10.0. The number of carbonyl (C=O) groups excluding carboxylic acids is 3. The van der Waals surface area contributed by atoms with Crippen molar-refractivity contribution in [3.63, 3.8) is 0 Å². The average molecular weight is 761 g/mol. The number of carbonyl (C=O) groups is 3. The van der Waals surface area contributed by atoms with Crippen LogP contribution >= 0.6 is 0 Å². The molecule has 3 amide bonds. The molecule has 0 rings (SSSR count). The maximum absolute atomic E-state index is 12.9. The van der Waals surface area contributed by atoms with Gasteiger partial charge in [-0.3, -0.25) is 9.59 Å². The number of nitrogens with one attached hydrogen (secondary N) is 2. The van der Waals surface area contributed by atoms with E-state index in [0.717, 1.165) is 23.6 Å². The molecule has 0 heterocycles. The van der Waals surface area contributed by atoms with Gasteiger partial charge in [-0.15, -0.1) is 0 Å². The zero-order valence-electron chi connectivity index (χ0n) is 28.8. The fourth-order valence-electron chi connectivity index (χ4n) is 4.99. The van der Waals surface area contributed by atoms with E-state index in [1.807, 2.05) is 21.1 Å². The van der Waals surface area contributed by atoms with E-state index >= 15 is 0 Å². The van der Waals surface area contributed by atoms with Crippen LogP contribution in [0.4, 0.5) is 4.79 Å². The van der Waals surface area contributed by atoms with E-state index in [4.69, 9.17) is 4.74 Å². The first-order valence-corrected chi connectivity index (χ1v) is 18.4. The molecular formula is C32H65IN4O6S. The molecule has 0 aromatic rings. The lowest BCUT2D eigenvalue weighted by Gasteiger charge is -2.28. The predicted octanol–water partition coefficient (Wildman–Crippen LogP) is 2.76. The Morgan fingerprint density at radius 3 is 1.61 bits per heavy atom. The Kier molecular flexibility index (Phi) is 27.6. The van der Waals surface area contributed by atoms with Gasteiger partial charge in [0, 0.05) is 26.8 Å². The van der Waals surface area contributed by atoms with Crippen LogP contribution in [0.15, 0.2) is 0 Å². The first-order valence-electron chi connectivity index (χ1n) is 16.8. The number of sulfonamides is 1. The van der Waals surface area contributed by atoms with Gasteiger partial charge in [0.1, 0.15) is 6.61 Å². The summed E-state index contributed by atoms with van der Waals surface area (Å²) in [7, 11) is 2.00. The van der Waals surface area contributed by atoms with Gasteiger partial charge < -0.3 is 43.8 Å². The molecule has 1 unspecified atom stereocenters. The molecule has 10 nitrogen and oxygen atoms in total. The summed E-state index contributed by atoms with van der Waals surface area (Å²) in [6.07, 6.45) is 20.3. The number of halogens is 1. The fraction of sp³-hybridized carbons (Fsp3) is 0.906. The van der Waals surface area contributed by atoms with E-state index in [0.29, 0.717) is 24.0 Å². The molecule has 0 radical (unpaired) electrons. The minimum atomic E-state index is -3.89. The van der Waals surface area contributed by atoms with Crippen LogP contribution in [0.1, 0.15) is 130 Å². The Hall–Kier alpha value is -1.15. The minimum absolute atomic E-state index is 0. The Labute approximate surface area is 286 Å². The van der Waals surface area contributed by atoms with E-state index in [2.05, 4.69) is 17.6 Å². The van der Waals surface area contributed by atoms with Gasteiger partial charge in [-0.25, -0.2) is 17.5 Å². The van der Waals surface area contributed by atoms with Crippen molar-refractivity contribution in [3.8, 4) is 0 Å². The number of quaternary nitrogens is 1. The number of nitrogens with zero attached hydrogens (tertiary/aromatic N) is 2. The van der Waals surface area contributed by atoms with Gasteiger partial charge in [-0.1, -0.05) is 103 Å². The molecule has 0 aliphatic carbocycles. The van der Waals surface area contributed by atoms with Crippen molar-refractivity contribution in [1.29, 1.82) is 0 Å². The van der Waals surface area contributed by atoms with Crippen LogP contribution in [0.5, 0.6) is 0 Å². The zero-order valence-corrected chi connectivity index (χ0v) is 31.7. The summed E-state index contributed by atoms with van der Waals surface area (Å²) in [4.78, 5) is 36.1. The summed E-state index contributed by atoms with van der Waals surface area (Å²) in [6.45, 7) is 5.29. The monoisotopic (exact) mass is 760 g/mol. The third-order valence-electron chi connectivity index (χ3n) is 7.43. The topological polar surface area (TPSA) is 122 Å². The number of amides is 3. The SMILES string of the molecule is CCCCCCCCCCCCCCCCCCNC(=O)OCC(CN(C(C)=O)S(=O)(=O)CCC[N+](C)(C)C)NC(C)=O.[I-]. The maximum atomic E-state index is 12.9. The second-order valence-electron chi connectivity index (χ2n) is 13.0. The van der Waals surface area contributed by atoms with Gasteiger partial charge in [0.15, 0.2) is 0 Å². The summed E-state index contributed by atoms with van der Waals surface area (Å²) in [5, 5.41) is 5.31. The number of hydrogen-bond donors (Lipinski definition) is 2. The fourth-order valence-corrected chi connectivity index (χ4v) is 6.50. The van der Waals surface area contributed by atoms with Gasteiger partial charge in [-0.2, -0.15) is 0 Å². The van der Waals surface area contributed by atoms with Crippen LogP contribution in [0, 0.1) is 0 Å². The molecule has 0 saturated carbocycles. The number of rotatable bonds is 27. The van der Waals surface area contributed by atoms with Gasteiger partial charge in [0.05, 0.1) is 46.0 Å². The number of alkyl carbamates (subject to hydrolysis) is 1. The van der Waals surface area contributed by atoms with Crippen molar-refractivity contribution < 1.29 is 56.0 Å². The molecule has 0 spiro atoms. The smallest absolute Gasteiger partial charge is 0.407 e. The van der Waals surface area contributed by atoms with Crippen molar-refractivity contribution in [2.45, 2.75) is 136 Å². The molecule has 0 aromatic heterocycles. The highest BCUT2D eigenvalue weighted by Gasteiger charge is 2.29. The van der Waals surface area contributed by atoms with Crippen LogP contribution in [0.3, 0.4) is 0 Å². The van der Waals surface area contributed by atoms with Crippen LogP contribution in [-0.2, 0) is 24.3 Å². The van der Waals surface area contributed by atoms with Gasteiger partial charge >= 0.3 is 6.09 Å². The Morgan fingerprint density at radius 1 is 0.750 bits per heavy atom. The van der Waals surface area contributed by atoms with Gasteiger partial charge in [0.25, 0.3) is 0 Å². The average Bonchev–Trinajstić information content (AvgIpc) is 2.90. The standard InChI is InChI=1S/C32H64N4O6S.HI/c1-7-8-9-10-11-12-13-14-15-16-17-18-19-20-21-22-24-33-32(39)42-28-31(34-29(2)37)27-35(30(3)38)43(40,41)26-23-25-36(4,5)6;/h31H,7-28H2,1-6H3,(H-,33,34,37,39);1H. The van der Waals surface area contributed by atoms with Gasteiger partial charge in [-0.05, 0) is 6.42 Å². The molecule has 0 aromatic carbocycles. The van der Waals surface area contributed by atoms with Crippen molar-refractivity contribution in [1.82, 2.24) is 14.9 Å². The zero-order chi connectivity index (χ0) is 32.6. The molecule has 2 N–H and O–H groups in total. The highest BCUT2D eigenvalue weighted by molar-refractivity contribution is 7.89. The van der Waals surface area contributed by atoms with E-state index < -0.39 is 34.0 Å². The highest BCUT2D eigenvalue weighted by Crippen LogP contribution is 2.14. The first kappa shape index (κ1) is 45.0. The van der Waals surface area contributed by atoms with E-state index in [1.165, 1.54) is 97.3 Å². The lowest BCUT2D eigenvalue weighted by molar-refractivity contribution is -0.870. The Balaban J connectivity index is 0. The first-order chi connectivity index (χ1) is 20.3. The highest BCUT2D eigenvalue weighted by atomic mass is 127. The summed E-state index contributed by atoms with van der Waals surface area (Å²) in [5.74, 6) is -1.24. The maximum Gasteiger partial charge on any atom is 0.407 e. The lowest BCUT2D eigenvalue weighted by Crippen LogP contribution is -3.00. The van der Waals surface area contributed by atoms with Gasteiger partial charge in [0.2, 0.25) is 21.8 Å². The van der Waals surface area contributed by atoms with Crippen molar-refractivity contribution in [2.24, 2.45) is 0 Å². The van der Waals surface area contributed by atoms with E-state index in [-0.39, 0.29) is 42.9 Å². The molecule has 0 fully saturated rings. The minimum Gasteiger partial charge on any atom is -1.00 e. The second kappa shape index (κ2) is 27.0. The van der Waals surface area contributed by atoms with Crippen LogP contribution in [0.2, 0.25) is 0 Å². The quantitative estimate of drug-likeness (QED) is 0.0756. The number of hydrogen-bond acceptors (Lipinski definition) is 6. The number of ether oxygens (including phenoxy) is 1.